The van der Waals surface area contributed by atoms with Crippen molar-refractivity contribution in [3.05, 3.63) is 128 Å². The van der Waals surface area contributed by atoms with Gasteiger partial charge in [-0.15, -0.1) is 5.06 Å². The summed E-state index contributed by atoms with van der Waals surface area (Å²) in [7, 11) is 0. The molecule has 0 fully saturated rings. The van der Waals surface area contributed by atoms with Crippen LogP contribution in [0.15, 0.2) is 88.5 Å². The minimum absolute atomic E-state index is 0.00450. The van der Waals surface area contributed by atoms with E-state index < -0.39 is 23.5 Å². The van der Waals surface area contributed by atoms with E-state index in [4.69, 9.17) is 19.0 Å². The molecule has 1 aromatic heterocycles. The van der Waals surface area contributed by atoms with Crippen molar-refractivity contribution in [2.45, 2.75) is 53.2 Å². The number of carbonyl (C=O) groups is 2. The summed E-state index contributed by atoms with van der Waals surface area (Å²) in [6, 6.07) is 22.9. The number of amides is 1. The lowest BCUT2D eigenvalue weighted by Gasteiger charge is -2.20. The summed E-state index contributed by atoms with van der Waals surface area (Å²) in [5.41, 5.74) is 3.38. The van der Waals surface area contributed by atoms with Gasteiger partial charge in [-0.1, -0.05) is 72.6 Å². The fraction of sp³-hybridized carbons (Fsp3) is 0.294. The quantitative estimate of drug-likeness (QED) is 0.0931. The van der Waals surface area contributed by atoms with Crippen molar-refractivity contribution in [3.63, 3.8) is 0 Å². The zero-order valence-electron chi connectivity index (χ0n) is 25.6. The van der Waals surface area contributed by atoms with E-state index in [1.165, 1.54) is 4.57 Å². The van der Waals surface area contributed by atoms with E-state index >= 15 is 0 Å². The molecule has 0 saturated heterocycles. The molecule has 4 rings (SSSR count). The molecule has 0 atom stereocenters. The van der Waals surface area contributed by atoms with E-state index in [-0.39, 0.29) is 31.4 Å². The summed E-state index contributed by atoms with van der Waals surface area (Å²) in [6.45, 7) is 6.04. The molecule has 3 aromatic carbocycles. The molecule has 4 aromatic rings. The third-order valence-corrected chi connectivity index (χ3v) is 6.82. The second kappa shape index (κ2) is 16.1. The zero-order chi connectivity index (χ0) is 32.2. The Hall–Kier alpha value is -5.16. The average Bonchev–Trinajstić information content (AvgIpc) is 3.00. The Labute approximate surface area is 260 Å². The highest BCUT2D eigenvalue weighted by molar-refractivity contribution is 5.72. The number of nitrogens with zero attached hydrogens (tertiary/aromatic N) is 2. The monoisotopic (exact) mass is 615 g/mol. The number of para-hydroxylation sites is 2. The first-order valence-corrected chi connectivity index (χ1v) is 14.7. The lowest BCUT2D eigenvalue weighted by Crippen LogP contribution is -2.37. The average molecular weight is 616 g/mol. The van der Waals surface area contributed by atoms with Crippen molar-refractivity contribution < 1.29 is 28.6 Å². The maximum atomic E-state index is 12.8. The molecule has 0 radical (unpaired) electrons. The van der Waals surface area contributed by atoms with Gasteiger partial charge in [0.15, 0.2) is 0 Å². The number of benzene rings is 3. The van der Waals surface area contributed by atoms with Crippen molar-refractivity contribution in [1.82, 2.24) is 14.6 Å². The number of hydroxylamine groups is 2. The Bertz CT molecular complexity index is 1680. The van der Waals surface area contributed by atoms with Crippen molar-refractivity contribution in [2.24, 2.45) is 0 Å². The molecule has 0 aliphatic heterocycles. The summed E-state index contributed by atoms with van der Waals surface area (Å²) < 4.78 is 17.8. The Balaban J connectivity index is 1.37. The van der Waals surface area contributed by atoms with Gasteiger partial charge < -0.3 is 14.2 Å². The molecule has 0 saturated carbocycles. The smallest absolute Gasteiger partial charge is 0.408 e. The van der Waals surface area contributed by atoms with Crippen molar-refractivity contribution in [3.8, 4) is 11.5 Å². The van der Waals surface area contributed by atoms with Gasteiger partial charge in [0.25, 0.3) is 5.56 Å². The molecule has 236 valence electrons. The first kappa shape index (κ1) is 32.7. The number of hydrogen-bond donors (Lipinski definition) is 1. The summed E-state index contributed by atoms with van der Waals surface area (Å²) in [5.74, 6) is 0.540. The molecular weight excluding hydrogens is 578 g/mol. The van der Waals surface area contributed by atoms with Crippen LogP contribution in [0, 0.1) is 13.8 Å². The Morgan fingerprint density at radius 3 is 2.09 bits per heavy atom. The Morgan fingerprint density at radius 1 is 0.844 bits per heavy atom. The van der Waals surface area contributed by atoms with E-state index in [1.807, 2.05) is 32.9 Å². The van der Waals surface area contributed by atoms with E-state index in [0.717, 1.165) is 21.8 Å². The number of ether oxygens (including phenoxy) is 3. The van der Waals surface area contributed by atoms with Gasteiger partial charge >= 0.3 is 17.9 Å². The van der Waals surface area contributed by atoms with Crippen LogP contribution >= 0.6 is 0 Å². The van der Waals surface area contributed by atoms with E-state index in [1.54, 1.807) is 60.7 Å². The summed E-state index contributed by atoms with van der Waals surface area (Å²) in [5, 5.41) is 0.792. The van der Waals surface area contributed by atoms with Crippen LogP contribution in [-0.4, -0.2) is 40.0 Å². The normalized spacial score (nSPS) is 10.7. The van der Waals surface area contributed by atoms with Crippen LogP contribution in [0.25, 0.3) is 0 Å². The largest absolute Gasteiger partial charge is 0.539 e. The van der Waals surface area contributed by atoms with Gasteiger partial charge in [0, 0.05) is 24.3 Å². The number of unbranched alkanes of at least 4 members (excludes halogenated alkanes) is 1. The molecule has 11 nitrogen and oxygen atoms in total. The van der Waals surface area contributed by atoms with Gasteiger partial charge in [0.05, 0.1) is 6.54 Å². The van der Waals surface area contributed by atoms with Crippen molar-refractivity contribution >= 4 is 12.2 Å². The lowest BCUT2D eigenvalue weighted by molar-refractivity contribution is -0.0907. The fourth-order valence-electron chi connectivity index (χ4n) is 4.85. The lowest BCUT2D eigenvalue weighted by atomic mass is 10.0. The van der Waals surface area contributed by atoms with Gasteiger partial charge in [0.1, 0.15) is 18.2 Å². The first-order valence-electron chi connectivity index (χ1n) is 14.7. The maximum absolute atomic E-state index is 12.8. The van der Waals surface area contributed by atoms with Crippen molar-refractivity contribution in [2.75, 3.05) is 13.2 Å². The van der Waals surface area contributed by atoms with Crippen LogP contribution in [0.1, 0.15) is 47.7 Å². The number of aromatic nitrogens is 2. The van der Waals surface area contributed by atoms with Crippen LogP contribution in [-0.2, 0) is 29.1 Å². The molecule has 0 bridgehead atoms. The van der Waals surface area contributed by atoms with Crippen LogP contribution in [0.3, 0.4) is 0 Å². The van der Waals surface area contributed by atoms with Crippen LogP contribution in [0.2, 0.25) is 0 Å². The SMILES string of the molecule is CCc1c(Cc2cc(C)cc(C)c2)n(COCCCCN(OC(=O)Oc2ccccc2)C(=O)Oc2ccccc2)c(=O)[nH]c1=O. The predicted octanol–water partition coefficient (Wildman–Crippen LogP) is 5.69. The zero-order valence-corrected chi connectivity index (χ0v) is 25.6. The van der Waals surface area contributed by atoms with Gasteiger partial charge in [-0.25, -0.2) is 14.4 Å². The van der Waals surface area contributed by atoms with Gasteiger partial charge in [0.2, 0.25) is 0 Å². The van der Waals surface area contributed by atoms with E-state index in [2.05, 4.69) is 11.1 Å². The Morgan fingerprint density at radius 2 is 1.47 bits per heavy atom. The number of carbonyl (C=O) groups excluding carboxylic acids is 2. The number of aromatic amines is 1. The van der Waals surface area contributed by atoms with Crippen LogP contribution < -0.4 is 20.7 Å². The number of hydrogen-bond acceptors (Lipinski definition) is 8. The highest BCUT2D eigenvalue weighted by Gasteiger charge is 2.22. The number of nitrogens with one attached hydrogen (secondary N) is 1. The molecule has 45 heavy (non-hydrogen) atoms. The molecule has 0 aliphatic rings. The minimum atomic E-state index is -1.09. The Kier molecular flexibility index (Phi) is 11.7. The number of aryl methyl sites for hydroxylation is 2. The third kappa shape index (κ3) is 9.67. The highest BCUT2D eigenvalue weighted by Crippen LogP contribution is 2.16. The molecule has 1 N–H and O–H groups in total. The molecule has 1 amide bonds. The minimum Gasteiger partial charge on any atom is -0.408 e. The highest BCUT2D eigenvalue weighted by atomic mass is 16.8. The molecule has 0 unspecified atom stereocenters. The molecule has 11 heteroatoms. The molecule has 1 heterocycles. The standard InChI is InChI=1S/C34H37N3O8/c1-4-29-30(22-26-20-24(2)19-25(3)21-26)36(32(39)35-31(29)38)23-42-18-12-11-17-37(33(40)43-27-13-7-5-8-14-27)45-34(41)44-28-15-9-6-10-16-28/h5-10,13-16,19-21H,4,11-12,17-18,22-23H2,1-3H3,(H,35,38,39). The molecular formula is C34H37N3O8. The van der Waals surface area contributed by atoms with E-state index in [9.17, 15) is 19.2 Å². The van der Waals surface area contributed by atoms with Crippen molar-refractivity contribution in [1.29, 1.82) is 0 Å². The molecule has 0 spiro atoms. The van der Waals surface area contributed by atoms with E-state index in [0.29, 0.717) is 36.9 Å². The van der Waals surface area contributed by atoms with Gasteiger partial charge in [-0.3, -0.25) is 19.2 Å². The fourth-order valence-corrected chi connectivity index (χ4v) is 4.85. The second-order valence-corrected chi connectivity index (χ2v) is 10.4. The van der Waals surface area contributed by atoms with Gasteiger partial charge in [-0.05, 0) is 62.9 Å². The topological polar surface area (TPSA) is 129 Å². The molecule has 0 aliphatic carbocycles. The summed E-state index contributed by atoms with van der Waals surface area (Å²) in [4.78, 5) is 58.2. The maximum Gasteiger partial charge on any atom is 0.539 e. The van der Waals surface area contributed by atoms with Gasteiger partial charge in [-0.2, -0.15) is 0 Å². The summed E-state index contributed by atoms with van der Waals surface area (Å²) in [6.07, 6.45) is -0.297. The van der Waals surface area contributed by atoms with Crippen LogP contribution in [0.5, 0.6) is 11.5 Å². The third-order valence-electron chi connectivity index (χ3n) is 6.82. The predicted molar refractivity (Wildman–Crippen MR) is 167 cm³/mol. The first-order chi connectivity index (χ1) is 21.7. The number of H-pyrrole nitrogens is 1. The summed E-state index contributed by atoms with van der Waals surface area (Å²) >= 11 is 0. The second-order valence-electron chi connectivity index (χ2n) is 10.4. The number of rotatable bonds is 12. The van der Waals surface area contributed by atoms with Crippen LogP contribution in [0.4, 0.5) is 9.59 Å².